The maximum Gasteiger partial charge on any atom is 0.573 e. The van der Waals surface area contributed by atoms with Crippen LogP contribution in [0.5, 0.6) is 5.75 Å². The predicted molar refractivity (Wildman–Crippen MR) is 121 cm³/mol. The van der Waals surface area contributed by atoms with Gasteiger partial charge < -0.3 is 14.6 Å². The molecule has 0 fully saturated rings. The second-order valence-electron chi connectivity index (χ2n) is 7.65. The first-order chi connectivity index (χ1) is 15.7. The minimum absolute atomic E-state index is 0.00666. The number of alkyl halides is 3. The van der Waals surface area contributed by atoms with Crippen LogP contribution in [0.1, 0.15) is 31.2 Å². The first-order valence-corrected chi connectivity index (χ1v) is 10.9. The molecule has 0 aliphatic rings. The third-order valence-corrected chi connectivity index (χ3v) is 5.52. The van der Waals surface area contributed by atoms with Crippen LogP contribution in [0.3, 0.4) is 0 Å². The summed E-state index contributed by atoms with van der Waals surface area (Å²) >= 11 is 5.29. The van der Waals surface area contributed by atoms with Crippen molar-refractivity contribution in [3.8, 4) is 5.75 Å². The smallest absolute Gasteiger partial charge is 0.405 e. The van der Waals surface area contributed by atoms with Gasteiger partial charge in [0.05, 0.1) is 10.9 Å². The molecule has 0 aliphatic heterocycles. The Balaban J connectivity index is 1.49. The number of ether oxygens (including phenoxy) is 1. The maximum absolute atomic E-state index is 12.6. The van der Waals surface area contributed by atoms with Crippen molar-refractivity contribution in [3.63, 3.8) is 0 Å². The van der Waals surface area contributed by atoms with Gasteiger partial charge in [-0.3, -0.25) is 14.2 Å². The van der Waals surface area contributed by atoms with E-state index in [1.807, 2.05) is 6.07 Å². The highest BCUT2D eigenvalue weighted by atomic mass is 32.1. The molecular formula is C23H24F3N3O3S. The lowest BCUT2D eigenvalue weighted by Crippen LogP contribution is -2.27. The lowest BCUT2D eigenvalue weighted by atomic mass is 10.1. The fraction of sp³-hybridized carbons (Fsp3) is 0.348. The number of nitrogens with zero attached hydrogens (tertiary/aromatic N) is 2. The van der Waals surface area contributed by atoms with Crippen LogP contribution in [0.4, 0.5) is 13.2 Å². The van der Waals surface area contributed by atoms with Crippen LogP contribution in [0, 0.1) is 4.77 Å². The Labute approximate surface area is 193 Å². The van der Waals surface area contributed by atoms with Gasteiger partial charge >= 0.3 is 6.36 Å². The SMILES string of the molecule is CN(Cc1ccccc1OC(F)(F)F)C(=O)CCCCCn1c(=S)[nH]c2ccccc2c1=O. The number of carbonyl (C=O) groups excluding carboxylic acids is 1. The van der Waals surface area contributed by atoms with E-state index in [4.69, 9.17) is 12.2 Å². The van der Waals surface area contributed by atoms with Crippen molar-refractivity contribution in [3.05, 3.63) is 69.2 Å². The fourth-order valence-electron chi connectivity index (χ4n) is 3.52. The van der Waals surface area contributed by atoms with E-state index in [0.29, 0.717) is 41.5 Å². The van der Waals surface area contributed by atoms with E-state index in [0.717, 1.165) is 0 Å². The molecule has 1 aromatic heterocycles. The Hall–Kier alpha value is -3.14. The molecule has 0 bridgehead atoms. The highest BCUT2D eigenvalue weighted by Crippen LogP contribution is 2.27. The van der Waals surface area contributed by atoms with Crippen LogP contribution in [0.15, 0.2) is 53.3 Å². The molecule has 0 saturated heterocycles. The van der Waals surface area contributed by atoms with E-state index in [9.17, 15) is 22.8 Å². The molecular weight excluding hydrogens is 455 g/mol. The number of benzene rings is 2. The number of rotatable bonds is 9. The molecule has 0 spiro atoms. The summed E-state index contributed by atoms with van der Waals surface area (Å²) in [4.78, 5) is 29.5. The number of amides is 1. The zero-order valence-electron chi connectivity index (χ0n) is 18.0. The minimum atomic E-state index is -4.80. The third-order valence-electron chi connectivity index (χ3n) is 5.19. The summed E-state index contributed by atoms with van der Waals surface area (Å²) in [6.45, 7) is 0.442. The average Bonchev–Trinajstić information content (AvgIpc) is 2.75. The molecule has 2 aromatic carbocycles. The molecule has 0 radical (unpaired) electrons. The fourth-order valence-corrected chi connectivity index (χ4v) is 3.80. The highest BCUT2D eigenvalue weighted by molar-refractivity contribution is 7.71. The molecule has 176 valence electrons. The van der Waals surface area contributed by atoms with Crippen molar-refractivity contribution in [1.29, 1.82) is 0 Å². The highest BCUT2D eigenvalue weighted by Gasteiger charge is 2.32. The number of hydrogen-bond acceptors (Lipinski definition) is 4. The van der Waals surface area contributed by atoms with E-state index in [1.54, 1.807) is 31.3 Å². The Morgan fingerprint density at radius 2 is 1.79 bits per heavy atom. The number of aromatic nitrogens is 2. The molecule has 0 aliphatic carbocycles. The van der Waals surface area contributed by atoms with Gasteiger partial charge in [-0.05, 0) is 43.3 Å². The molecule has 0 atom stereocenters. The van der Waals surface area contributed by atoms with Crippen molar-refractivity contribution in [1.82, 2.24) is 14.5 Å². The lowest BCUT2D eigenvalue weighted by molar-refractivity contribution is -0.275. The van der Waals surface area contributed by atoms with Gasteiger partial charge in [0.25, 0.3) is 5.56 Å². The number of fused-ring (bicyclic) bond motifs is 1. The van der Waals surface area contributed by atoms with Crippen LogP contribution in [0.25, 0.3) is 10.9 Å². The second kappa shape index (κ2) is 10.7. The summed E-state index contributed by atoms with van der Waals surface area (Å²) in [6, 6.07) is 12.9. The van der Waals surface area contributed by atoms with Gasteiger partial charge in [0.2, 0.25) is 5.91 Å². The van der Waals surface area contributed by atoms with E-state index in [2.05, 4.69) is 9.72 Å². The number of hydrogen-bond donors (Lipinski definition) is 1. The van der Waals surface area contributed by atoms with Crippen molar-refractivity contribution in [2.75, 3.05) is 7.05 Å². The van der Waals surface area contributed by atoms with Crippen LogP contribution in [-0.2, 0) is 17.9 Å². The van der Waals surface area contributed by atoms with Crippen molar-refractivity contribution >= 4 is 29.0 Å². The Bertz CT molecular complexity index is 1240. The van der Waals surface area contributed by atoms with Gasteiger partial charge in [0.1, 0.15) is 5.75 Å². The number of para-hydroxylation sites is 2. The second-order valence-corrected chi connectivity index (χ2v) is 8.04. The van der Waals surface area contributed by atoms with Gasteiger partial charge in [0.15, 0.2) is 4.77 Å². The van der Waals surface area contributed by atoms with Gasteiger partial charge in [0, 0.05) is 32.1 Å². The molecule has 1 amide bonds. The van der Waals surface area contributed by atoms with Crippen molar-refractivity contribution in [2.24, 2.45) is 0 Å². The molecule has 6 nitrogen and oxygen atoms in total. The number of carbonyl (C=O) groups is 1. The molecule has 0 unspecified atom stereocenters. The van der Waals surface area contributed by atoms with Crippen LogP contribution >= 0.6 is 12.2 Å². The van der Waals surface area contributed by atoms with Gasteiger partial charge in [-0.2, -0.15) is 0 Å². The van der Waals surface area contributed by atoms with Crippen LogP contribution < -0.4 is 10.3 Å². The zero-order chi connectivity index (χ0) is 24.0. The largest absolute Gasteiger partial charge is 0.573 e. The molecule has 1 heterocycles. The lowest BCUT2D eigenvalue weighted by Gasteiger charge is -2.20. The summed E-state index contributed by atoms with van der Waals surface area (Å²) in [7, 11) is 1.54. The van der Waals surface area contributed by atoms with Crippen LogP contribution in [-0.4, -0.2) is 33.8 Å². The monoisotopic (exact) mass is 479 g/mol. The summed E-state index contributed by atoms with van der Waals surface area (Å²) in [5.41, 5.74) is 0.820. The summed E-state index contributed by atoms with van der Waals surface area (Å²) < 4.78 is 43.6. The topological polar surface area (TPSA) is 67.3 Å². The first kappa shape index (κ1) is 24.5. The molecule has 0 saturated carbocycles. The number of H-pyrrole nitrogens is 1. The number of nitrogens with one attached hydrogen (secondary N) is 1. The van der Waals surface area contributed by atoms with E-state index < -0.39 is 6.36 Å². The predicted octanol–water partition coefficient (Wildman–Crippen LogP) is 5.18. The first-order valence-electron chi connectivity index (χ1n) is 10.4. The van der Waals surface area contributed by atoms with Gasteiger partial charge in [-0.1, -0.05) is 36.8 Å². The molecule has 1 N–H and O–H groups in total. The van der Waals surface area contributed by atoms with E-state index in [-0.39, 0.29) is 35.7 Å². The summed E-state index contributed by atoms with van der Waals surface area (Å²) in [5.74, 6) is -0.501. The van der Waals surface area contributed by atoms with Crippen molar-refractivity contribution in [2.45, 2.75) is 45.1 Å². The third kappa shape index (κ3) is 6.67. The van der Waals surface area contributed by atoms with Crippen LogP contribution in [0.2, 0.25) is 0 Å². The van der Waals surface area contributed by atoms with E-state index >= 15 is 0 Å². The Morgan fingerprint density at radius 1 is 1.09 bits per heavy atom. The Morgan fingerprint density at radius 3 is 2.55 bits per heavy atom. The molecule has 3 rings (SSSR count). The Kier molecular flexibility index (Phi) is 7.91. The van der Waals surface area contributed by atoms with Gasteiger partial charge in [-0.25, -0.2) is 0 Å². The molecule has 33 heavy (non-hydrogen) atoms. The number of halogens is 3. The quantitative estimate of drug-likeness (QED) is 0.339. The average molecular weight is 480 g/mol. The zero-order valence-corrected chi connectivity index (χ0v) is 18.8. The molecule has 10 heteroatoms. The van der Waals surface area contributed by atoms with Gasteiger partial charge in [-0.15, -0.1) is 13.2 Å². The molecule has 3 aromatic rings. The number of aromatic amines is 1. The van der Waals surface area contributed by atoms with E-state index in [1.165, 1.54) is 27.7 Å². The normalized spacial score (nSPS) is 11.5. The minimum Gasteiger partial charge on any atom is -0.405 e. The number of unbranched alkanes of at least 4 members (excludes halogenated alkanes) is 2. The standard InChI is InChI=1S/C23H24F3N3O3S/c1-28(15-16-9-4-7-12-19(16)32-23(24,25)26)20(30)13-3-2-8-14-29-21(31)17-10-5-6-11-18(17)27-22(29)33/h4-7,9-12H,2-3,8,13-15H2,1H3,(H,27,33). The van der Waals surface area contributed by atoms with Crippen molar-refractivity contribution < 1.29 is 22.7 Å². The maximum atomic E-state index is 12.6. The summed E-state index contributed by atoms with van der Waals surface area (Å²) in [5, 5.41) is 0.567. The summed E-state index contributed by atoms with van der Waals surface area (Å²) in [6.07, 6.45) is -2.61.